The second-order valence-electron chi connectivity index (χ2n) is 3.76. The number of amides is 2. The van der Waals surface area contributed by atoms with Crippen LogP contribution in [0.2, 0.25) is 0 Å². The van der Waals surface area contributed by atoms with Gasteiger partial charge in [-0.1, -0.05) is 0 Å². The number of hydrogen-bond acceptors (Lipinski definition) is 4. The van der Waals surface area contributed by atoms with Crippen LogP contribution in [-0.4, -0.2) is 59.9 Å². The molecule has 1 saturated heterocycles. The molecule has 0 radical (unpaired) electrons. The number of thioether (sulfide) groups is 1. The molecule has 2 N–H and O–H groups in total. The van der Waals surface area contributed by atoms with Crippen molar-refractivity contribution in [1.29, 1.82) is 0 Å². The lowest BCUT2D eigenvalue weighted by molar-refractivity contribution is -0.140. The first-order chi connectivity index (χ1) is 8.16. The van der Waals surface area contributed by atoms with Gasteiger partial charge in [0.1, 0.15) is 6.04 Å². The van der Waals surface area contributed by atoms with Gasteiger partial charge >= 0.3 is 12.0 Å². The monoisotopic (exact) mass is 262 g/mol. The quantitative estimate of drug-likeness (QED) is 0.685. The third-order valence-electron chi connectivity index (χ3n) is 2.48. The summed E-state index contributed by atoms with van der Waals surface area (Å²) in [6, 6.07) is -0.987. The Bertz CT molecular complexity index is 275. The molecule has 1 atom stereocenters. The van der Waals surface area contributed by atoms with Crippen LogP contribution in [-0.2, 0) is 9.53 Å². The first kappa shape index (κ1) is 14.1. The minimum absolute atomic E-state index is 0.292. The highest BCUT2D eigenvalue weighted by Crippen LogP contribution is 2.20. The van der Waals surface area contributed by atoms with Gasteiger partial charge in [-0.05, 0) is 12.8 Å². The fourth-order valence-electron chi connectivity index (χ4n) is 1.52. The molecule has 0 saturated carbocycles. The smallest absolute Gasteiger partial charge is 0.327 e. The highest BCUT2D eigenvalue weighted by molar-refractivity contribution is 7.99. The standard InChI is InChI=1S/C10H18N2O4S/c1-16-5-3-2-4-11-10(15)12-7-17-6-8(12)9(13)14/h8H,2-7H2,1H3,(H,11,15)(H,13,14)/t8-/m0/s1. The van der Waals surface area contributed by atoms with E-state index < -0.39 is 12.0 Å². The normalized spacial score (nSPS) is 19.4. The van der Waals surface area contributed by atoms with Crippen LogP contribution in [0.1, 0.15) is 12.8 Å². The Morgan fingerprint density at radius 2 is 2.29 bits per heavy atom. The van der Waals surface area contributed by atoms with Crippen LogP contribution in [0.5, 0.6) is 0 Å². The number of ether oxygens (including phenoxy) is 1. The molecule has 7 heteroatoms. The van der Waals surface area contributed by atoms with Gasteiger partial charge in [0.05, 0.1) is 5.88 Å². The van der Waals surface area contributed by atoms with E-state index >= 15 is 0 Å². The number of urea groups is 1. The number of carbonyl (C=O) groups is 2. The average molecular weight is 262 g/mol. The van der Waals surface area contributed by atoms with Crippen LogP contribution in [0.25, 0.3) is 0 Å². The molecule has 1 aliphatic rings. The summed E-state index contributed by atoms with van der Waals surface area (Å²) in [7, 11) is 1.64. The lowest BCUT2D eigenvalue weighted by Gasteiger charge is -2.20. The molecule has 1 fully saturated rings. The van der Waals surface area contributed by atoms with Gasteiger partial charge in [-0.25, -0.2) is 9.59 Å². The van der Waals surface area contributed by atoms with Crippen molar-refractivity contribution < 1.29 is 19.4 Å². The molecule has 1 rings (SSSR count). The van der Waals surface area contributed by atoms with E-state index in [1.165, 1.54) is 16.7 Å². The fraction of sp³-hybridized carbons (Fsp3) is 0.800. The molecular formula is C10H18N2O4S. The van der Waals surface area contributed by atoms with E-state index in [0.29, 0.717) is 24.8 Å². The Morgan fingerprint density at radius 1 is 1.53 bits per heavy atom. The van der Waals surface area contributed by atoms with Crippen LogP contribution in [0.3, 0.4) is 0 Å². The summed E-state index contributed by atoms with van der Waals surface area (Å²) in [5.74, 6) is -0.0302. The van der Waals surface area contributed by atoms with E-state index in [-0.39, 0.29) is 6.03 Å². The van der Waals surface area contributed by atoms with E-state index in [0.717, 1.165) is 12.8 Å². The van der Waals surface area contributed by atoms with Crippen LogP contribution in [0.15, 0.2) is 0 Å². The van der Waals surface area contributed by atoms with Crippen molar-refractivity contribution in [1.82, 2.24) is 10.2 Å². The van der Waals surface area contributed by atoms with Crippen molar-refractivity contribution in [3.63, 3.8) is 0 Å². The van der Waals surface area contributed by atoms with Crippen LogP contribution >= 0.6 is 11.8 Å². The Balaban J connectivity index is 2.25. The summed E-state index contributed by atoms with van der Waals surface area (Å²) < 4.78 is 4.89. The molecule has 17 heavy (non-hydrogen) atoms. The van der Waals surface area contributed by atoms with Crippen LogP contribution in [0.4, 0.5) is 4.79 Å². The van der Waals surface area contributed by atoms with Gasteiger partial charge in [-0.3, -0.25) is 0 Å². The minimum Gasteiger partial charge on any atom is -0.480 e. The molecule has 6 nitrogen and oxygen atoms in total. The lowest BCUT2D eigenvalue weighted by atomic mass is 10.3. The predicted octanol–water partition coefficient (Wildman–Crippen LogP) is 0.582. The zero-order chi connectivity index (χ0) is 12.7. The predicted molar refractivity (Wildman–Crippen MR) is 65.1 cm³/mol. The maximum atomic E-state index is 11.7. The average Bonchev–Trinajstić information content (AvgIpc) is 2.77. The molecule has 0 aliphatic carbocycles. The van der Waals surface area contributed by atoms with E-state index in [1.807, 2.05) is 0 Å². The van der Waals surface area contributed by atoms with E-state index in [2.05, 4.69) is 5.32 Å². The molecule has 98 valence electrons. The lowest BCUT2D eigenvalue weighted by Crippen LogP contribution is -2.47. The second-order valence-corrected chi connectivity index (χ2v) is 4.76. The molecule has 0 aromatic rings. The zero-order valence-corrected chi connectivity index (χ0v) is 10.7. The van der Waals surface area contributed by atoms with Gasteiger partial charge in [0.25, 0.3) is 0 Å². The van der Waals surface area contributed by atoms with E-state index in [9.17, 15) is 9.59 Å². The molecule has 0 unspecified atom stereocenters. The van der Waals surface area contributed by atoms with Crippen molar-refractivity contribution in [2.75, 3.05) is 31.9 Å². The van der Waals surface area contributed by atoms with Gasteiger partial charge < -0.3 is 20.1 Å². The molecule has 0 aromatic carbocycles. The summed E-state index contributed by atoms with van der Waals surface area (Å²) in [6.45, 7) is 1.23. The molecule has 1 heterocycles. The van der Waals surface area contributed by atoms with Gasteiger partial charge in [0.2, 0.25) is 0 Å². The number of unbranched alkanes of at least 4 members (excludes halogenated alkanes) is 1. The van der Waals surface area contributed by atoms with Crippen molar-refractivity contribution in [2.24, 2.45) is 0 Å². The van der Waals surface area contributed by atoms with Gasteiger partial charge in [-0.15, -0.1) is 11.8 Å². The second kappa shape index (κ2) is 7.39. The molecule has 2 amide bonds. The van der Waals surface area contributed by atoms with Crippen molar-refractivity contribution in [3.05, 3.63) is 0 Å². The minimum atomic E-state index is -0.940. The first-order valence-electron chi connectivity index (χ1n) is 5.50. The molecule has 0 aromatic heterocycles. The maximum Gasteiger partial charge on any atom is 0.327 e. The number of carboxylic acids is 1. The van der Waals surface area contributed by atoms with E-state index in [4.69, 9.17) is 9.84 Å². The summed E-state index contributed by atoms with van der Waals surface area (Å²) in [4.78, 5) is 23.9. The summed E-state index contributed by atoms with van der Waals surface area (Å²) >= 11 is 1.46. The van der Waals surface area contributed by atoms with Crippen LogP contribution in [0, 0.1) is 0 Å². The van der Waals surface area contributed by atoms with Crippen molar-refractivity contribution in [3.8, 4) is 0 Å². The summed E-state index contributed by atoms with van der Waals surface area (Å²) in [6.07, 6.45) is 1.71. The Kier molecular flexibility index (Phi) is 6.13. The molecular weight excluding hydrogens is 244 g/mol. The largest absolute Gasteiger partial charge is 0.480 e. The van der Waals surface area contributed by atoms with Gasteiger partial charge in [-0.2, -0.15) is 0 Å². The molecule has 0 bridgehead atoms. The fourth-order valence-corrected chi connectivity index (χ4v) is 2.66. The number of rotatable bonds is 6. The Labute approximate surface area is 105 Å². The molecule has 0 spiro atoms. The van der Waals surface area contributed by atoms with Crippen molar-refractivity contribution in [2.45, 2.75) is 18.9 Å². The third-order valence-corrected chi connectivity index (χ3v) is 3.49. The number of nitrogens with zero attached hydrogens (tertiary/aromatic N) is 1. The SMILES string of the molecule is COCCCCNC(=O)N1CSC[C@H]1C(=O)O. The van der Waals surface area contributed by atoms with E-state index in [1.54, 1.807) is 7.11 Å². The molecule has 1 aliphatic heterocycles. The van der Waals surface area contributed by atoms with Crippen molar-refractivity contribution >= 4 is 23.8 Å². The first-order valence-corrected chi connectivity index (χ1v) is 6.66. The van der Waals surface area contributed by atoms with Gasteiger partial charge in [0, 0.05) is 26.0 Å². The Hall–Kier alpha value is -0.950. The highest BCUT2D eigenvalue weighted by Gasteiger charge is 2.34. The number of carbonyl (C=O) groups excluding carboxylic acids is 1. The number of aliphatic carboxylic acids is 1. The third kappa shape index (κ3) is 4.43. The van der Waals surface area contributed by atoms with Crippen LogP contribution < -0.4 is 5.32 Å². The number of carboxylic acid groups (broad SMARTS) is 1. The summed E-state index contributed by atoms with van der Waals surface area (Å²) in [5.41, 5.74) is 0. The van der Waals surface area contributed by atoms with Gasteiger partial charge in [0.15, 0.2) is 0 Å². The highest BCUT2D eigenvalue weighted by atomic mass is 32.2. The maximum absolute atomic E-state index is 11.7. The topological polar surface area (TPSA) is 78.9 Å². The summed E-state index contributed by atoms with van der Waals surface area (Å²) in [5, 5.41) is 11.6. The number of nitrogens with one attached hydrogen (secondary N) is 1. The zero-order valence-electron chi connectivity index (χ0n) is 9.85. The number of methoxy groups -OCH3 is 1. The Morgan fingerprint density at radius 3 is 2.94 bits per heavy atom. The number of hydrogen-bond donors (Lipinski definition) is 2.